The van der Waals surface area contributed by atoms with Crippen LogP contribution >= 0.6 is 11.3 Å². The van der Waals surface area contributed by atoms with Crippen LogP contribution in [0.1, 0.15) is 20.9 Å². The summed E-state index contributed by atoms with van der Waals surface area (Å²) in [6, 6.07) is 12.3. The molecule has 4 aromatic rings. The molecule has 29 heavy (non-hydrogen) atoms. The molecule has 0 saturated heterocycles. The number of halogens is 1. The smallest absolute Gasteiger partial charge is 0.274 e. The minimum absolute atomic E-state index is 0.212. The molecule has 0 atom stereocenters. The van der Waals surface area contributed by atoms with Crippen LogP contribution < -0.4 is 5.32 Å². The van der Waals surface area contributed by atoms with Gasteiger partial charge in [-0.05, 0) is 60.7 Å². The fourth-order valence-electron chi connectivity index (χ4n) is 2.98. The first-order chi connectivity index (χ1) is 14.1. The lowest BCUT2D eigenvalue weighted by Crippen LogP contribution is -2.26. The Morgan fingerprint density at radius 2 is 2.03 bits per heavy atom. The molecule has 8 heteroatoms. The van der Waals surface area contributed by atoms with E-state index in [2.05, 4.69) is 20.6 Å². The zero-order valence-electron chi connectivity index (χ0n) is 15.7. The van der Waals surface area contributed by atoms with E-state index in [-0.39, 0.29) is 17.4 Å². The first-order valence-corrected chi connectivity index (χ1v) is 9.94. The number of hydrogen-bond donors (Lipinski definition) is 1. The van der Waals surface area contributed by atoms with Gasteiger partial charge in [-0.15, -0.1) is 16.4 Å². The number of carbonyl (C=O) groups excluding carboxylic acids is 1. The van der Waals surface area contributed by atoms with Crippen molar-refractivity contribution in [2.24, 2.45) is 0 Å². The largest absolute Gasteiger partial charge is 0.350 e. The van der Waals surface area contributed by atoms with E-state index >= 15 is 0 Å². The summed E-state index contributed by atoms with van der Waals surface area (Å²) < 4.78 is 15.3. The summed E-state index contributed by atoms with van der Waals surface area (Å²) >= 11 is 1.65. The minimum atomic E-state index is -0.307. The van der Waals surface area contributed by atoms with Crippen LogP contribution in [0.4, 0.5) is 4.39 Å². The molecule has 0 spiro atoms. The van der Waals surface area contributed by atoms with Crippen molar-refractivity contribution >= 4 is 17.2 Å². The predicted octanol–water partition coefficient (Wildman–Crippen LogP) is 3.81. The highest BCUT2D eigenvalue weighted by Gasteiger charge is 2.22. The Labute approximate surface area is 171 Å². The van der Waals surface area contributed by atoms with Crippen LogP contribution in [0, 0.1) is 12.7 Å². The molecule has 0 aliphatic heterocycles. The maximum absolute atomic E-state index is 13.7. The molecule has 1 amide bonds. The molecule has 0 unspecified atom stereocenters. The molecule has 1 aromatic carbocycles. The highest BCUT2D eigenvalue weighted by Crippen LogP contribution is 2.25. The van der Waals surface area contributed by atoms with Crippen LogP contribution in [0.5, 0.6) is 0 Å². The van der Waals surface area contributed by atoms with E-state index in [0.29, 0.717) is 23.5 Å². The average Bonchev–Trinajstić information content (AvgIpc) is 3.40. The van der Waals surface area contributed by atoms with Crippen molar-refractivity contribution < 1.29 is 9.18 Å². The lowest BCUT2D eigenvalue weighted by molar-refractivity contribution is 0.0950. The van der Waals surface area contributed by atoms with Gasteiger partial charge in [0.1, 0.15) is 11.5 Å². The quantitative estimate of drug-likeness (QED) is 0.528. The SMILES string of the molecule is Cc1cc(-n2nnc(C(=O)NCCc3cccs3)c2-c2ccncc2)ccc1F. The van der Waals surface area contributed by atoms with Gasteiger partial charge in [-0.1, -0.05) is 11.3 Å². The van der Waals surface area contributed by atoms with Crippen molar-refractivity contribution in [2.75, 3.05) is 6.54 Å². The molecule has 0 radical (unpaired) electrons. The Kier molecular flexibility index (Phi) is 5.44. The number of benzene rings is 1. The average molecular weight is 407 g/mol. The highest BCUT2D eigenvalue weighted by molar-refractivity contribution is 7.09. The fourth-order valence-corrected chi connectivity index (χ4v) is 3.69. The van der Waals surface area contributed by atoms with E-state index in [0.717, 1.165) is 12.0 Å². The number of aryl methyl sites for hydroxylation is 1. The molecule has 0 aliphatic rings. The van der Waals surface area contributed by atoms with E-state index < -0.39 is 0 Å². The second-order valence-corrected chi connectivity index (χ2v) is 7.49. The summed E-state index contributed by atoms with van der Waals surface area (Å²) in [7, 11) is 0. The van der Waals surface area contributed by atoms with Gasteiger partial charge in [-0.3, -0.25) is 9.78 Å². The molecular weight excluding hydrogens is 389 g/mol. The first-order valence-electron chi connectivity index (χ1n) is 9.06. The third-order valence-electron chi connectivity index (χ3n) is 4.46. The molecule has 0 aliphatic carbocycles. The minimum Gasteiger partial charge on any atom is -0.350 e. The van der Waals surface area contributed by atoms with Gasteiger partial charge in [0.25, 0.3) is 5.91 Å². The number of pyridine rings is 1. The van der Waals surface area contributed by atoms with Crippen molar-refractivity contribution in [3.8, 4) is 16.9 Å². The van der Waals surface area contributed by atoms with Crippen molar-refractivity contribution in [2.45, 2.75) is 13.3 Å². The van der Waals surface area contributed by atoms with Crippen LogP contribution in [0.25, 0.3) is 16.9 Å². The van der Waals surface area contributed by atoms with E-state index in [1.165, 1.54) is 10.9 Å². The zero-order chi connectivity index (χ0) is 20.2. The predicted molar refractivity (Wildman–Crippen MR) is 110 cm³/mol. The van der Waals surface area contributed by atoms with Crippen LogP contribution in [0.3, 0.4) is 0 Å². The Hall–Kier alpha value is -3.39. The molecule has 146 valence electrons. The number of aromatic nitrogens is 4. The number of thiophene rings is 1. The van der Waals surface area contributed by atoms with Gasteiger partial charge in [0.15, 0.2) is 5.69 Å². The molecule has 0 fully saturated rings. The number of nitrogens with zero attached hydrogens (tertiary/aromatic N) is 4. The van der Waals surface area contributed by atoms with E-state index in [1.54, 1.807) is 59.6 Å². The van der Waals surface area contributed by atoms with Crippen LogP contribution in [-0.2, 0) is 6.42 Å². The fraction of sp³-hybridized carbons (Fsp3) is 0.143. The van der Waals surface area contributed by atoms with Crippen molar-refractivity contribution in [3.05, 3.63) is 82.2 Å². The summed E-state index contributed by atoms with van der Waals surface area (Å²) in [5.41, 5.74) is 2.60. The third-order valence-corrected chi connectivity index (χ3v) is 5.40. The Bertz CT molecular complexity index is 1130. The van der Waals surface area contributed by atoms with Crippen LogP contribution in [0.2, 0.25) is 0 Å². The molecule has 1 N–H and O–H groups in total. The van der Waals surface area contributed by atoms with Gasteiger partial charge in [0.05, 0.1) is 5.69 Å². The second kappa shape index (κ2) is 8.32. The molecule has 0 bridgehead atoms. The summed E-state index contributed by atoms with van der Waals surface area (Å²) in [5.74, 6) is -0.607. The number of hydrogen-bond acceptors (Lipinski definition) is 5. The van der Waals surface area contributed by atoms with Crippen molar-refractivity contribution in [1.82, 2.24) is 25.3 Å². The molecular formula is C21H18FN5OS. The highest BCUT2D eigenvalue weighted by atomic mass is 32.1. The molecule has 6 nitrogen and oxygen atoms in total. The second-order valence-electron chi connectivity index (χ2n) is 6.45. The normalized spacial score (nSPS) is 10.8. The van der Waals surface area contributed by atoms with Gasteiger partial charge >= 0.3 is 0 Å². The summed E-state index contributed by atoms with van der Waals surface area (Å²) in [5, 5.41) is 13.2. The Morgan fingerprint density at radius 3 is 2.76 bits per heavy atom. The van der Waals surface area contributed by atoms with Crippen molar-refractivity contribution in [1.29, 1.82) is 0 Å². The standard InChI is InChI=1S/C21H18FN5OS/c1-14-13-16(4-5-18(14)22)27-20(15-6-9-23-10-7-15)19(25-26-27)21(28)24-11-8-17-3-2-12-29-17/h2-7,9-10,12-13H,8,11H2,1H3,(H,24,28). The van der Waals surface area contributed by atoms with E-state index in [4.69, 9.17) is 0 Å². The first kappa shape index (κ1) is 18.9. The zero-order valence-corrected chi connectivity index (χ0v) is 16.5. The van der Waals surface area contributed by atoms with Crippen molar-refractivity contribution in [3.63, 3.8) is 0 Å². The van der Waals surface area contributed by atoms with Gasteiger partial charge in [-0.2, -0.15) is 0 Å². The molecule has 0 saturated carbocycles. The lowest BCUT2D eigenvalue weighted by Gasteiger charge is -2.09. The monoisotopic (exact) mass is 407 g/mol. The number of rotatable bonds is 6. The Balaban J connectivity index is 1.67. The number of amides is 1. The molecule has 3 heterocycles. The van der Waals surface area contributed by atoms with Gasteiger partial charge in [0.2, 0.25) is 0 Å². The maximum Gasteiger partial charge on any atom is 0.274 e. The number of nitrogens with one attached hydrogen (secondary N) is 1. The lowest BCUT2D eigenvalue weighted by atomic mass is 10.1. The number of carbonyl (C=O) groups is 1. The molecule has 4 rings (SSSR count). The third kappa shape index (κ3) is 4.07. The Morgan fingerprint density at radius 1 is 1.21 bits per heavy atom. The maximum atomic E-state index is 13.7. The summed E-state index contributed by atoms with van der Waals surface area (Å²) in [6.45, 7) is 2.18. The van der Waals surface area contributed by atoms with Gasteiger partial charge < -0.3 is 5.32 Å². The van der Waals surface area contributed by atoms with E-state index in [9.17, 15) is 9.18 Å². The van der Waals surface area contributed by atoms with Gasteiger partial charge in [-0.25, -0.2) is 9.07 Å². The summed E-state index contributed by atoms with van der Waals surface area (Å²) in [6.07, 6.45) is 4.03. The topological polar surface area (TPSA) is 72.7 Å². The van der Waals surface area contributed by atoms with Crippen LogP contribution in [0.15, 0.2) is 60.2 Å². The van der Waals surface area contributed by atoms with Crippen LogP contribution in [-0.4, -0.2) is 32.4 Å². The molecule has 3 aromatic heterocycles. The van der Waals surface area contributed by atoms with E-state index in [1.807, 2.05) is 17.5 Å². The van der Waals surface area contributed by atoms with Gasteiger partial charge in [0, 0.05) is 29.4 Å². The summed E-state index contributed by atoms with van der Waals surface area (Å²) in [4.78, 5) is 18.1.